The van der Waals surface area contributed by atoms with E-state index in [2.05, 4.69) is 21.2 Å². The van der Waals surface area contributed by atoms with E-state index < -0.39 is 28.5 Å². The van der Waals surface area contributed by atoms with Crippen LogP contribution in [-0.2, 0) is 32.6 Å². The second kappa shape index (κ2) is 15.4. The first-order valence-corrected chi connectivity index (χ1v) is 17.2. The van der Waals surface area contributed by atoms with Crippen molar-refractivity contribution in [3.63, 3.8) is 0 Å². The number of halogens is 1. The zero-order valence-electron chi connectivity index (χ0n) is 26.1. The molecule has 7 nitrogen and oxygen atoms in total. The highest BCUT2D eigenvalue weighted by atomic mass is 79.9. The molecule has 0 radical (unpaired) electrons. The third kappa shape index (κ3) is 9.28. The summed E-state index contributed by atoms with van der Waals surface area (Å²) in [6.45, 7) is 7.87. The largest absolute Gasteiger partial charge is 0.354 e. The summed E-state index contributed by atoms with van der Waals surface area (Å²) in [6.07, 6.45) is 0.264. The van der Waals surface area contributed by atoms with Gasteiger partial charge in [-0.05, 0) is 67.3 Å². The van der Waals surface area contributed by atoms with Gasteiger partial charge in [-0.25, -0.2) is 8.42 Å². The van der Waals surface area contributed by atoms with E-state index >= 15 is 0 Å². The van der Waals surface area contributed by atoms with Crippen LogP contribution in [0, 0.1) is 19.8 Å². The number of anilines is 1. The van der Waals surface area contributed by atoms with E-state index in [-0.39, 0.29) is 29.7 Å². The maximum Gasteiger partial charge on any atom is 0.264 e. The minimum absolute atomic E-state index is 0.0792. The third-order valence-electron chi connectivity index (χ3n) is 7.41. The zero-order valence-corrected chi connectivity index (χ0v) is 28.5. The second-order valence-corrected chi connectivity index (χ2v) is 14.4. The molecule has 0 aliphatic rings. The molecule has 0 aliphatic heterocycles. The first kappa shape index (κ1) is 33.9. The molecule has 2 amide bonds. The predicted molar refractivity (Wildman–Crippen MR) is 183 cm³/mol. The number of sulfonamides is 1. The van der Waals surface area contributed by atoms with Gasteiger partial charge in [0.05, 0.1) is 10.6 Å². The zero-order chi connectivity index (χ0) is 32.6. The second-order valence-electron chi connectivity index (χ2n) is 11.7. The molecule has 0 heterocycles. The average Bonchev–Trinajstić information content (AvgIpc) is 3.01. The lowest BCUT2D eigenvalue weighted by Crippen LogP contribution is -2.53. The number of carbonyl (C=O) groups is 2. The van der Waals surface area contributed by atoms with Crippen LogP contribution in [0.3, 0.4) is 0 Å². The molecule has 45 heavy (non-hydrogen) atoms. The first-order valence-electron chi connectivity index (χ1n) is 15.0. The van der Waals surface area contributed by atoms with E-state index in [4.69, 9.17) is 0 Å². The first-order chi connectivity index (χ1) is 21.4. The molecule has 236 valence electrons. The Morgan fingerprint density at radius 3 is 2.00 bits per heavy atom. The summed E-state index contributed by atoms with van der Waals surface area (Å²) in [6, 6.07) is 29.8. The van der Waals surface area contributed by atoms with Crippen molar-refractivity contribution in [2.75, 3.05) is 17.4 Å². The van der Waals surface area contributed by atoms with Gasteiger partial charge in [-0.1, -0.05) is 108 Å². The maximum absolute atomic E-state index is 14.5. The monoisotopic (exact) mass is 689 g/mol. The fraction of sp³-hybridized carbons (Fsp3) is 0.278. The average molecular weight is 691 g/mol. The van der Waals surface area contributed by atoms with Gasteiger partial charge in [0.1, 0.15) is 12.6 Å². The number of hydrogen-bond donors (Lipinski definition) is 1. The SMILES string of the molecule is Cc1ccc(N(CC(=O)N(Cc2cccc(Br)c2)[C@H](Cc2ccccc2)C(=O)NCC(C)C)S(=O)(=O)c2ccc(C)cc2)cc1. The van der Waals surface area contributed by atoms with Crippen molar-refractivity contribution in [2.45, 2.75) is 51.6 Å². The molecule has 0 fully saturated rings. The van der Waals surface area contributed by atoms with Gasteiger partial charge in [0.25, 0.3) is 10.0 Å². The third-order valence-corrected chi connectivity index (χ3v) is 9.69. The van der Waals surface area contributed by atoms with Gasteiger partial charge in [-0.2, -0.15) is 0 Å². The minimum atomic E-state index is -4.14. The Bertz CT molecular complexity index is 1690. The highest BCUT2D eigenvalue weighted by Crippen LogP contribution is 2.26. The van der Waals surface area contributed by atoms with E-state index in [1.165, 1.54) is 4.90 Å². The summed E-state index contributed by atoms with van der Waals surface area (Å²) in [4.78, 5) is 30.0. The molecule has 1 N–H and O–H groups in total. The molecular formula is C36H40BrN3O4S. The van der Waals surface area contributed by atoms with Gasteiger partial charge in [0.2, 0.25) is 11.8 Å². The number of rotatable bonds is 13. The fourth-order valence-corrected chi connectivity index (χ4v) is 6.75. The number of amides is 2. The number of carbonyl (C=O) groups excluding carboxylic acids is 2. The smallest absolute Gasteiger partial charge is 0.264 e. The summed E-state index contributed by atoms with van der Waals surface area (Å²) in [5, 5.41) is 3.01. The number of nitrogens with one attached hydrogen (secondary N) is 1. The molecule has 0 aromatic heterocycles. The van der Waals surface area contributed by atoms with Crippen molar-refractivity contribution in [3.05, 3.63) is 130 Å². The molecule has 4 aromatic carbocycles. The van der Waals surface area contributed by atoms with Gasteiger partial charge in [0.15, 0.2) is 0 Å². The van der Waals surface area contributed by atoms with Crippen molar-refractivity contribution in [2.24, 2.45) is 5.92 Å². The van der Waals surface area contributed by atoms with Crippen molar-refractivity contribution in [1.82, 2.24) is 10.2 Å². The molecular weight excluding hydrogens is 650 g/mol. The molecule has 0 unspecified atom stereocenters. The van der Waals surface area contributed by atoms with Crippen LogP contribution in [-0.4, -0.2) is 44.3 Å². The Labute approximate surface area is 275 Å². The van der Waals surface area contributed by atoms with Crippen LogP contribution in [0.25, 0.3) is 0 Å². The van der Waals surface area contributed by atoms with Crippen LogP contribution in [0.15, 0.2) is 112 Å². The number of aryl methyl sites for hydroxylation is 2. The van der Waals surface area contributed by atoms with Crippen molar-refractivity contribution < 1.29 is 18.0 Å². The van der Waals surface area contributed by atoms with E-state index in [1.807, 2.05) is 94.4 Å². The highest BCUT2D eigenvalue weighted by molar-refractivity contribution is 9.10. The number of nitrogens with zero attached hydrogens (tertiary/aromatic N) is 2. The van der Waals surface area contributed by atoms with Gasteiger partial charge in [-0.15, -0.1) is 0 Å². The Balaban J connectivity index is 1.79. The Morgan fingerprint density at radius 1 is 0.800 bits per heavy atom. The lowest BCUT2D eigenvalue weighted by atomic mass is 10.0. The standard InChI is InChI=1S/C36H40BrN3O4S/c1-26(2)23-38-36(42)34(22-29-9-6-5-7-10-29)39(24-30-11-8-12-31(37)21-30)35(41)25-40(32-17-13-27(3)14-18-32)45(43,44)33-19-15-28(4)16-20-33/h5-21,26,34H,22-25H2,1-4H3,(H,38,42)/t34-/m1/s1. The highest BCUT2D eigenvalue weighted by Gasteiger charge is 2.34. The van der Waals surface area contributed by atoms with Crippen LogP contribution in [0.4, 0.5) is 5.69 Å². The van der Waals surface area contributed by atoms with Crippen molar-refractivity contribution >= 4 is 43.5 Å². The topological polar surface area (TPSA) is 86.8 Å². The summed E-state index contributed by atoms with van der Waals surface area (Å²) >= 11 is 3.51. The van der Waals surface area contributed by atoms with E-state index in [1.54, 1.807) is 36.4 Å². The van der Waals surface area contributed by atoms with Crippen LogP contribution in [0.1, 0.15) is 36.1 Å². The molecule has 0 aliphatic carbocycles. The molecule has 4 aromatic rings. The molecule has 0 spiro atoms. The van der Waals surface area contributed by atoms with Crippen LogP contribution in [0.5, 0.6) is 0 Å². The van der Waals surface area contributed by atoms with Crippen LogP contribution in [0.2, 0.25) is 0 Å². The summed E-state index contributed by atoms with van der Waals surface area (Å²) < 4.78 is 30.2. The molecule has 0 saturated carbocycles. The normalized spacial score (nSPS) is 12.0. The van der Waals surface area contributed by atoms with Crippen molar-refractivity contribution in [3.8, 4) is 0 Å². The molecule has 9 heteroatoms. The van der Waals surface area contributed by atoms with E-state index in [9.17, 15) is 18.0 Å². The maximum atomic E-state index is 14.5. The predicted octanol–water partition coefficient (Wildman–Crippen LogP) is 6.67. The van der Waals surface area contributed by atoms with E-state index in [0.717, 1.165) is 31.0 Å². The number of hydrogen-bond acceptors (Lipinski definition) is 4. The van der Waals surface area contributed by atoms with Crippen molar-refractivity contribution in [1.29, 1.82) is 0 Å². The lowest BCUT2D eigenvalue weighted by Gasteiger charge is -2.34. The van der Waals surface area contributed by atoms with Gasteiger partial charge in [0, 0.05) is 24.0 Å². The van der Waals surface area contributed by atoms with Crippen LogP contribution >= 0.6 is 15.9 Å². The number of benzene rings is 4. The molecule has 1 atom stereocenters. The molecule has 4 rings (SSSR count). The molecule has 0 saturated heterocycles. The Morgan fingerprint density at radius 2 is 1.40 bits per heavy atom. The summed E-state index contributed by atoms with van der Waals surface area (Å²) in [5.41, 5.74) is 3.93. The quantitative estimate of drug-likeness (QED) is 0.170. The molecule has 0 bridgehead atoms. The summed E-state index contributed by atoms with van der Waals surface area (Å²) in [5.74, 6) is -0.580. The van der Waals surface area contributed by atoms with Gasteiger partial charge < -0.3 is 10.2 Å². The fourth-order valence-electron chi connectivity index (χ4n) is 4.89. The Kier molecular flexibility index (Phi) is 11.6. The van der Waals surface area contributed by atoms with E-state index in [0.29, 0.717) is 12.2 Å². The van der Waals surface area contributed by atoms with Gasteiger partial charge in [-0.3, -0.25) is 13.9 Å². The van der Waals surface area contributed by atoms with Crippen LogP contribution < -0.4 is 9.62 Å². The Hall–Kier alpha value is -3.95. The van der Waals surface area contributed by atoms with Gasteiger partial charge >= 0.3 is 0 Å². The summed E-state index contributed by atoms with van der Waals surface area (Å²) in [7, 11) is -4.14. The lowest BCUT2D eigenvalue weighted by molar-refractivity contribution is -0.140. The minimum Gasteiger partial charge on any atom is -0.354 e.